The summed E-state index contributed by atoms with van der Waals surface area (Å²) < 4.78 is 1.34. The van der Waals surface area contributed by atoms with Gasteiger partial charge < -0.3 is 5.32 Å². The molecule has 0 atom stereocenters. The van der Waals surface area contributed by atoms with Gasteiger partial charge in [0.1, 0.15) is 5.82 Å². The normalized spacial score (nSPS) is 10.9. The van der Waals surface area contributed by atoms with Crippen LogP contribution in [-0.4, -0.2) is 32.4 Å². The Hall–Kier alpha value is -1.50. The van der Waals surface area contributed by atoms with Crippen LogP contribution in [0.3, 0.4) is 0 Å². The highest BCUT2D eigenvalue weighted by Crippen LogP contribution is 2.09. The monoisotopic (exact) mass is 253 g/mol. The predicted molar refractivity (Wildman–Crippen MR) is 68.8 cm³/mol. The third-order valence-electron chi connectivity index (χ3n) is 2.34. The minimum Gasteiger partial charge on any atom is -0.370 e. The van der Waals surface area contributed by atoms with Crippen LogP contribution in [0, 0.1) is 0 Å². The molecule has 0 saturated heterocycles. The lowest BCUT2D eigenvalue weighted by atomic mass is 10.3. The maximum atomic E-state index is 11.8. The van der Waals surface area contributed by atoms with Crippen molar-refractivity contribution >= 4 is 23.4 Å². The summed E-state index contributed by atoms with van der Waals surface area (Å²) in [6.45, 7) is 2.94. The molecule has 2 heterocycles. The molecule has 0 fully saturated rings. The summed E-state index contributed by atoms with van der Waals surface area (Å²) in [4.78, 5) is 20.2. The lowest BCUT2D eigenvalue weighted by molar-refractivity contribution is 0.824. The zero-order chi connectivity index (χ0) is 12.3. The van der Waals surface area contributed by atoms with Crippen molar-refractivity contribution in [1.29, 1.82) is 0 Å². The van der Waals surface area contributed by atoms with Crippen LogP contribution in [-0.2, 0) is 0 Å². The largest absolute Gasteiger partial charge is 0.370 e. The highest BCUT2D eigenvalue weighted by Gasteiger charge is 2.06. The van der Waals surface area contributed by atoms with Crippen molar-refractivity contribution in [2.75, 3.05) is 18.1 Å². The molecule has 0 aromatic carbocycles. The number of hydrogen-bond acceptors (Lipinski definition) is 5. The molecule has 6 nitrogen and oxygen atoms in total. The van der Waals surface area contributed by atoms with Crippen LogP contribution in [0.25, 0.3) is 5.78 Å². The predicted octanol–water partition coefficient (Wildman–Crippen LogP) is 1.35. The maximum absolute atomic E-state index is 11.8. The van der Waals surface area contributed by atoms with Crippen LogP contribution in [0.5, 0.6) is 0 Å². The number of nitrogens with one attached hydrogen (secondary N) is 2. The summed E-state index contributed by atoms with van der Waals surface area (Å²) in [5, 5.41) is 6.68. The molecule has 2 rings (SSSR count). The first-order valence-electron chi connectivity index (χ1n) is 5.52. The summed E-state index contributed by atoms with van der Waals surface area (Å²) in [5.41, 5.74) is -0.151. The second-order valence-electron chi connectivity index (χ2n) is 3.63. The van der Waals surface area contributed by atoms with Gasteiger partial charge in [0.2, 0.25) is 0 Å². The lowest BCUT2D eigenvalue weighted by Crippen LogP contribution is -2.16. The Labute approximate surface area is 103 Å². The van der Waals surface area contributed by atoms with E-state index in [4.69, 9.17) is 0 Å². The average molecular weight is 253 g/mol. The standard InChI is InChI=1S/C10H15N5OS/c1-3-4-5-11-7-6-8(16)15-9(12-7)13-10(14-15)17-2/h6,11H,3-5H2,1-2H3,(H,12,13,14). The number of thioether (sulfide) groups is 1. The van der Waals surface area contributed by atoms with Gasteiger partial charge in [0, 0.05) is 12.6 Å². The molecule has 0 radical (unpaired) electrons. The van der Waals surface area contributed by atoms with Gasteiger partial charge in [0.15, 0.2) is 5.16 Å². The zero-order valence-corrected chi connectivity index (χ0v) is 10.7. The first kappa shape index (κ1) is 12.0. The van der Waals surface area contributed by atoms with E-state index in [1.54, 1.807) is 0 Å². The van der Waals surface area contributed by atoms with Crippen LogP contribution in [0.1, 0.15) is 19.8 Å². The summed E-state index contributed by atoms with van der Waals surface area (Å²) in [7, 11) is 0. The Morgan fingerprint density at radius 3 is 3.06 bits per heavy atom. The van der Waals surface area contributed by atoms with Crippen molar-refractivity contribution in [2.24, 2.45) is 0 Å². The molecule has 0 bridgehead atoms. The highest BCUT2D eigenvalue weighted by atomic mass is 32.2. The van der Waals surface area contributed by atoms with Crippen molar-refractivity contribution in [3.63, 3.8) is 0 Å². The van der Waals surface area contributed by atoms with Gasteiger partial charge in [-0.3, -0.25) is 9.89 Å². The second kappa shape index (κ2) is 5.22. The number of fused-ring (bicyclic) bond motifs is 1. The third kappa shape index (κ3) is 2.60. The van der Waals surface area contributed by atoms with Crippen molar-refractivity contribution in [1.82, 2.24) is 19.6 Å². The number of anilines is 1. The molecule has 2 N–H and O–H groups in total. The van der Waals surface area contributed by atoms with Crippen molar-refractivity contribution in [3.05, 3.63) is 16.4 Å². The van der Waals surface area contributed by atoms with Gasteiger partial charge in [-0.15, -0.1) is 0 Å². The Morgan fingerprint density at radius 2 is 2.35 bits per heavy atom. The number of aromatic nitrogens is 4. The van der Waals surface area contributed by atoms with E-state index in [9.17, 15) is 4.79 Å². The maximum Gasteiger partial charge on any atom is 0.276 e. The van der Waals surface area contributed by atoms with Crippen molar-refractivity contribution < 1.29 is 0 Å². The van der Waals surface area contributed by atoms with E-state index in [1.165, 1.54) is 22.3 Å². The lowest BCUT2D eigenvalue weighted by Gasteiger charge is -2.03. The number of unbranched alkanes of at least 4 members (excludes halogenated alkanes) is 1. The summed E-state index contributed by atoms with van der Waals surface area (Å²) in [6.07, 6.45) is 4.05. The van der Waals surface area contributed by atoms with E-state index in [0.29, 0.717) is 16.8 Å². The summed E-state index contributed by atoms with van der Waals surface area (Å²) in [5.74, 6) is 0.989. The Balaban J connectivity index is 2.30. The molecular weight excluding hydrogens is 238 g/mol. The van der Waals surface area contributed by atoms with Crippen LogP contribution in [0.15, 0.2) is 16.0 Å². The first-order chi connectivity index (χ1) is 8.24. The summed E-state index contributed by atoms with van der Waals surface area (Å²) in [6, 6.07) is 1.48. The van der Waals surface area contributed by atoms with E-state index in [1.807, 2.05) is 6.26 Å². The van der Waals surface area contributed by atoms with Gasteiger partial charge >= 0.3 is 0 Å². The van der Waals surface area contributed by atoms with Gasteiger partial charge in [-0.1, -0.05) is 25.1 Å². The highest BCUT2D eigenvalue weighted by molar-refractivity contribution is 7.98. The smallest absolute Gasteiger partial charge is 0.276 e. The fourth-order valence-electron chi connectivity index (χ4n) is 1.44. The minimum absolute atomic E-state index is 0.151. The molecule has 0 aliphatic rings. The van der Waals surface area contributed by atoms with E-state index in [0.717, 1.165) is 19.4 Å². The van der Waals surface area contributed by atoms with E-state index < -0.39 is 0 Å². The zero-order valence-electron chi connectivity index (χ0n) is 9.86. The molecule has 17 heavy (non-hydrogen) atoms. The van der Waals surface area contributed by atoms with Gasteiger partial charge in [-0.2, -0.15) is 14.5 Å². The topological polar surface area (TPSA) is 75.1 Å². The van der Waals surface area contributed by atoms with Gasteiger partial charge in [0.25, 0.3) is 11.3 Å². The van der Waals surface area contributed by atoms with Crippen molar-refractivity contribution in [3.8, 4) is 0 Å². The fraction of sp³-hybridized carbons (Fsp3) is 0.500. The molecule has 0 spiro atoms. The average Bonchev–Trinajstić information content (AvgIpc) is 2.73. The van der Waals surface area contributed by atoms with Gasteiger partial charge in [-0.25, -0.2) is 0 Å². The quantitative estimate of drug-likeness (QED) is 0.621. The Kier molecular flexibility index (Phi) is 3.68. The molecule has 2 aromatic rings. The fourth-order valence-corrected chi connectivity index (χ4v) is 1.79. The molecular formula is C10H15N5OS. The van der Waals surface area contributed by atoms with Crippen LogP contribution < -0.4 is 10.9 Å². The second-order valence-corrected chi connectivity index (χ2v) is 4.42. The molecule has 7 heteroatoms. The molecule has 0 saturated carbocycles. The Bertz CT molecular complexity index is 561. The summed E-state index contributed by atoms with van der Waals surface area (Å²) >= 11 is 1.44. The first-order valence-corrected chi connectivity index (χ1v) is 6.74. The molecule has 0 aliphatic carbocycles. The Morgan fingerprint density at radius 1 is 1.53 bits per heavy atom. The number of nitrogens with zero attached hydrogens (tertiary/aromatic N) is 3. The van der Waals surface area contributed by atoms with Crippen LogP contribution in [0.2, 0.25) is 0 Å². The van der Waals surface area contributed by atoms with Crippen LogP contribution >= 0.6 is 11.8 Å². The van der Waals surface area contributed by atoms with Crippen molar-refractivity contribution in [2.45, 2.75) is 24.9 Å². The number of rotatable bonds is 5. The van der Waals surface area contributed by atoms with E-state index in [-0.39, 0.29) is 5.56 Å². The molecule has 0 aliphatic heterocycles. The van der Waals surface area contributed by atoms with E-state index >= 15 is 0 Å². The molecule has 92 valence electrons. The van der Waals surface area contributed by atoms with Gasteiger partial charge in [-0.05, 0) is 12.7 Å². The number of hydrogen-bond donors (Lipinski definition) is 2. The number of H-pyrrole nitrogens is 1. The molecule has 0 unspecified atom stereocenters. The third-order valence-corrected chi connectivity index (χ3v) is 2.91. The van der Waals surface area contributed by atoms with E-state index in [2.05, 4.69) is 27.3 Å². The van der Waals surface area contributed by atoms with Crippen LogP contribution in [0.4, 0.5) is 5.82 Å². The molecule has 2 aromatic heterocycles. The minimum atomic E-state index is -0.151. The SMILES string of the molecule is CCCCNc1cc(=O)n2[nH]c(SC)nc2n1. The van der Waals surface area contributed by atoms with Gasteiger partial charge in [0.05, 0.1) is 0 Å². The molecule has 0 amide bonds. The number of aromatic amines is 1.